The van der Waals surface area contributed by atoms with Crippen LogP contribution in [0.3, 0.4) is 0 Å². The van der Waals surface area contributed by atoms with Gasteiger partial charge in [0.1, 0.15) is 5.84 Å². The molecule has 0 aromatic heterocycles. The molecule has 0 atom stereocenters. The molecule has 0 bridgehead atoms. The number of ether oxygens (including phenoxy) is 1. The van der Waals surface area contributed by atoms with Gasteiger partial charge in [0.15, 0.2) is 0 Å². The summed E-state index contributed by atoms with van der Waals surface area (Å²) in [4.78, 5) is 16.0. The van der Waals surface area contributed by atoms with E-state index in [9.17, 15) is 4.79 Å². The fourth-order valence-corrected chi connectivity index (χ4v) is 1.54. The van der Waals surface area contributed by atoms with Gasteiger partial charge in [-0.05, 0) is 58.0 Å². The van der Waals surface area contributed by atoms with Crippen molar-refractivity contribution in [1.29, 1.82) is 0 Å². The van der Waals surface area contributed by atoms with E-state index in [-0.39, 0.29) is 11.5 Å². The molecule has 108 valence electrons. The average Bonchev–Trinajstić information content (AvgIpc) is 2.37. The third-order valence-corrected chi connectivity index (χ3v) is 2.32. The molecule has 1 aromatic rings. The summed E-state index contributed by atoms with van der Waals surface area (Å²) in [7, 11) is 0. The number of carbonyl (C=O) groups is 1. The molecule has 1 N–H and O–H groups in total. The zero-order chi connectivity index (χ0) is 15.2. The van der Waals surface area contributed by atoms with Gasteiger partial charge in [-0.2, -0.15) is 0 Å². The van der Waals surface area contributed by atoms with Gasteiger partial charge in [-0.1, -0.05) is 6.58 Å². The predicted octanol–water partition coefficient (Wildman–Crippen LogP) is 3.66. The van der Waals surface area contributed by atoms with E-state index in [1.165, 1.54) is 0 Å². The van der Waals surface area contributed by atoms with Crippen LogP contribution in [0.1, 0.15) is 38.1 Å². The first kappa shape index (κ1) is 16.0. The van der Waals surface area contributed by atoms with Crippen LogP contribution in [0.25, 0.3) is 0 Å². The van der Waals surface area contributed by atoms with E-state index < -0.39 is 0 Å². The van der Waals surface area contributed by atoms with E-state index in [0.717, 1.165) is 5.69 Å². The molecule has 0 saturated heterocycles. The Bertz CT molecular complexity index is 496. The number of benzene rings is 1. The molecule has 1 aromatic carbocycles. The van der Waals surface area contributed by atoms with Crippen molar-refractivity contribution in [3.8, 4) is 0 Å². The molecule has 0 aliphatic rings. The Labute approximate surface area is 120 Å². The Morgan fingerprint density at radius 3 is 2.40 bits per heavy atom. The molecule has 1 rings (SSSR count). The average molecular weight is 274 g/mol. The lowest BCUT2D eigenvalue weighted by atomic mass is 10.1. The third-order valence-electron chi connectivity index (χ3n) is 2.32. The van der Waals surface area contributed by atoms with Gasteiger partial charge in [0.2, 0.25) is 0 Å². The summed E-state index contributed by atoms with van der Waals surface area (Å²) in [6.45, 7) is 11.9. The maximum absolute atomic E-state index is 11.5. The van der Waals surface area contributed by atoms with Crippen LogP contribution in [-0.4, -0.2) is 24.0 Å². The summed E-state index contributed by atoms with van der Waals surface area (Å²) < 4.78 is 4.94. The van der Waals surface area contributed by atoms with Gasteiger partial charge in [0.05, 0.1) is 17.7 Å². The second kappa shape index (κ2) is 6.89. The molecule has 20 heavy (non-hydrogen) atoms. The lowest BCUT2D eigenvalue weighted by Gasteiger charge is -2.15. The maximum atomic E-state index is 11.5. The summed E-state index contributed by atoms with van der Waals surface area (Å²) in [5.41, 5.74) is 1.20. The molecule has 0 fully saturated rings. The molecule has 0 radical (unpaired) electrons. The van der Waals surface area contributed by atoms with Gasteiger partial charge in [-0.15, -0.1) is 0 Å². The number of amidine groups is 1. The number of anilines is 1. The van der Waals surface area contributed by atoms with E-state index >= 15 is 0 Å². The fourth-order valence-electron chi connectivity index (χ4n) is 1.54. The molecule has 4 nitrogen and oxygen atoms in total. The standard InChI is InChI=1S/C16H22N2O2/c1-6-14(18-16(3,4)5)17-13-10-8-12(9-11-13)15(19)20-7-2/h6,8-11H,1,7H2,2-5H3,(H,17,18). The van der Waals surface area contributed by atoms with Gasteiger partial charge in [0.25, 0.3) is 0 Å². The van der Waals surface area contributed by atoms with Gasteiger partial charge in [0, 0.05) is 5.69 Å². The number of esters is 1. The maximum Gasteiger partial charge on any atom is 0.338 e. The highest BCUT2D eigenvalue weighted by Crippen LogP contribution is 2.13. The van der Waals surface area contributed by atoms with E-state index in [4.69, 9.17) is 4.74 Å². The van der Waals surface area contributed by atoms with Crippen LogP contribution in [0.5, 0.6) is 0 Å². The fraction of sp³-hybridized carbons (Fsp3) is 0.375. The Morgan fingerprint density at radius 1 is 1.35 bits per heavy atom. The molecule has 0 aliphatic carbocycles. The molecule has 0 spiro atoms. The number of rotatable bonds is 4. The zero-order valence-electron chi connectivity index (χ0n) is 12.6. The first-order chi connectivity index (χ1) is 9.35. The first-order valence-electron chi connectivity index (χ1n) is 6.62. The molecule has 0 saturated carbocycles. The lowest BCUT2D eigenvalue weighted by molar-refractivity contribution is 0.0526. The van der Waals surface area contributed by atoms with Gasteiger partial charge < -0.3 is 10.1 Å². The molecule has 0 unspecified atom stereocenters. The lowest BCUT2D eigenvalue weighted by Crippen LogP contribution is -2.18. The molecular weight excluding hydrogens is 252 g/mol. The Morgan fingerprint density at radius 2 is 1.95 bits per heavy atom. The van der Waals surface area contributed by atoms with E-state index in [1.54, 1.807) is 25.1 Å². The van der Waals surface area contributed by atoms with Crippen LogP contribution < -0.4 is 5.32 Å². The molecular formula is C16H22N2O2. The number of aliphatic imine (C=N–C) groups is 1. The number of nitrogens with one attached hydrogen (secondary N) is 1. The van der Waals surface area contributed by atoms with Crippen LogP contribution in [0.2, 0.25) is 0 Å². The second-order valence-corrected chi connectivity index (χ2v) is 5.29. The van der Waals surface area contributed by atoms with Gasteiger partial charge in [-0.3, -0.25) is 4.99 Å². The summed E-state index contributed by atoms with van der Waals surface area (Å²) in [6.07, 6.45) is 1.67. The first-order valence-corrected chi connectivity index (χ1v) is 6.62. The number of hydrogen-bond acceptors (Lipinski definition) is 3. The van der Waals surface area contributed by atoms with Crippen LogP contribution in [0, 0.1) is 0 Å². The van der Waals surface area contributed by atoms with Crippen molar-refractivity contribution in [2.24, 2.45) is 4.99 Å². The summed E-state index contributed by atoms with van der Waals surface area (Å²) in [5, 5.41) is 3.16. The van der Waals surface area contributed by atoms with Crippen molar-refractivity contribution >= 4 is 17.5 Å². The van der Waals surface area contributed by atoms with Crippen LogP contribution >= 0.6 is 0 Å². The van der Waals surface area contributed by atoms with Crippen molar-refractivity contribution in [3.05, 3.63) is 42.5 Å². The highest BCUT2D eigenvalue weighted by molar-refractivity contribution is 6.03. The zero-order valence-corrected chi connectivity index (χ0v) is 12.6. The SMILES string of the molecule is C=CC(=NC(C)(C)C)Nc1ccc(C(=O)OCC)cc1. The van der Waals surface area contributed by atoms with Crippen molar-refractivity contribution in [2.75, 3.05) is 11.9 Å². The Kier molecular flexibility index (Phi) is 5.50. The van der Waals surface area contributed by atoms with Gasteiger partial charge >= 0.3 is 5.97 Å². The number of carbonyl (C=O) groups excluding carboxylic acids is 1. The van der Waals surface area contributed by atoms with Crippen LogP contribution in [-0.2, 0) is 4.74 Å². The highest BCUT2D eigenvalue weighted by Gasteiger charge is 2.09. The molecule has 0 heterocycles. The van der Waals surface area contributed by atoms with Crippen molar-refractivity contribution in [2.45, 2.75) is 33.2 Å². The van der Waals surface area contributed by atoms with Crippen molar-refractivity contribution in [1.82, 2.24) is 0 Å². The quantitative estimate of drug-likeness (QED) is 0.518. The topological polar surface area (TPSA) is 50.7 Å². The normalized spacial score (nSPS) is 11.9. The number of nitrogens with zero attached hydrogens (tertiary/aromatic N) is 1. The van der Waals surface area contributed by atoms with Crippen molar-refractivity contribution < 1.29 is 9.53 Å². The summed E-state index contributed by atoms with van der Waals surface area (Å²) >= 11 is 0. The Hall–Kier alpha value is -2.10. The van der Waals surface area contributed by atoms with Gasteiger partial charge in [-0.25, -0.2) is 4.79 Å². The molecule has 0 aliphatic heterocycles. The van der Waals surface area contributed by atoms with E-state index in [0.29, 0.717) is 18.0 Å². The van der Waals surface area contributed by atoms with Crippen LogP contribution in [0.4, 0.5) is 5.69 Å². The third kappa shape index (κ3) is 5.26. The highest BCUT2D eigenvalue weighted by atomic mass is 16.5. The number of hydrogen-bond donors (Lipinski definition) is 1. The van der Waals surface area contributed by atoms with Crippen molar-refractivity contribution in [3.63, 3.8) is 0 Å². The minimum Gasteiger partial charge on any atom is -0.462 e. The summed E-state index contributed by atoms with van der Waals surface area (Å²) in [6, 6.07) is 7.07. The summed E-state index contributed by atoms with van der Waals surface area (Å²) in [5.74, 6) is 0.382. The monoisotopic (exact) mass is 274 g/mol. The minimum absolute atomic E-state index is 0.179. The predicted molar refractivity (Wildman–Crippen MR) is 83.4 cm³/mol. The molecule has 0 amide bonds. The van der Waals surface area contributed by atoms with Crippen LogP contribution in [0.15, 0.2) is 41.9 Å². The van der Waals surface area contributed by atoms with E-state index in [1.807, 2.05) is 32.9 Å². The smallest absolute Gasteiger partial charge is 0.338 e. The second-order valence-electron chi connectivity index (χ2n) is 5.29. The van der Waals surface area contributed by atoms with E-state index in [2.05, 4.69) is 16.9 Å². The largest absolute Gasteiger partial charge is 0.462 e. The minimum atomic E-state index is -0.314. The molecule has 4 heteroatoms. The Balaban J connectivity index is 2.81.